The van der Waals surface area contributed by atoms with Crippen molar-refractivity contribution in [1.29, 1.82) is 0 Å². The molecule has 162 valence electrons. The van der Waals surface area contributed by atoms with Crippen LogP contribution in [0.15, 0.2) is 49.2 Å². The number of carbonyl (C=O) groups is 1. The molecule has 0 radical (unpaired) electrons. The monoisotopic (exact) mass is 551 g/mol. The second kappa shape index (κ2) is 10.1. The van der Waals surface area contributed by atoms with Crippen LogP contribution < -0.4 is 15.0 Å². The zero-order valence-electron chi connectivity index (χ0n) is 17.0. The van der Waals surface area contributed by atoms with E-state index in [4.69, 9.17) is 9.47 Å². The first-order valence-electron chi connectivity index (χ1n) is 9.23. The molecule has 0 amide bonds. The van der Waals surface area contributed by atoms with Crippen LogP contribution in [0.1, 0.15) is 18.3 Å². The zero-order valence-corrected chi connectivity index (χ0v) is 20.2. The Labute approximate surface area is 195 Å². The molecule has 0 aliphatic rings. The maximum absolute atomic E-state index is 12.9. The molecule has 0 aliphatic carbocycles. The number of methoxy groups -OCH3 is 1. The standard InChI is InChI=1S/C21H19Br2N3O5/c1-4-30-18-8-13(7-16(23)20(18)31-11-19(27)29-3)10-24-26-12(2)25-17-6-5-14(22)9-15(17)21(26)28/h5-10H,4,11H2,1-3H3. The molecule has 0 spiro atoms. The Kier molecular flexibility index (Phi) is 7.45. The van der Waals surface area contributed by atoms with Crippen LogP contribution >= 0.6 is 31.9 Å². The minimum Gasteiger partial charge on any atom is -0.490 e. The number of halogens is 2. The molecule has 3 aromatic rings. The van der Waals surface area contributed by atoms with Gasteiger partial charge >= 0.3 is 5.97 Å². The number of esters is 1. The number of nitrogens with zero attached hydrogens (tertiary/aromatic N) is 3. The first-order chi connectivity index (χ1) is 14.8. The summed E-state index contributed by atoms with van der Waals surface area (Å²) in [4.78, 5) is 28.7. The lowest BCUT2D eigenvalue weighted by Crippen LogP contribution is -2.20. The van der Waals surface area contributed by atoms with Gasteiger partial charge in [0.2, 0.25) is 0 Å². The molecule has 31 heavy (non-hydrogen) atoms. The van der Waals surface area contributed by atoms with Crippen LogP contribution in [-0.4, -0.2) is 42.2 Å². The molecule has 3 rings (SSSR count). The molecule has 10 heteroatoms. The first kappa shape index (κ1) is 23.0. The van der Waals surface area contributed by atoms with Gasteiger partial charge in [-0.1, -0.05) is 15.9 Å². The summed E-state index contributed by atoms with van der Waals surface area (Å²) in [5.74, 6) is 0.741. The summed E-state index contributed by atoms with van der Waals surface area (Å²) in [5.41, 5.74) is 0.981. The third-order valence-corrected chi connectivity index (χ3v) is 5.27. The summed E-state index contributed by atoms with van der Waals surface area (Å²) in [6.07, 6.45) is 1.53. The number of ether oxygens (including phenoxy) is 3. The smallest absolute Gasteiger partial charge is 0.343 e. The fourth-order valence-electron chi connectivity index (χ4n) is 2.78. The van der Waals surface area contributed by atoms with Crippen molar-refractivity contribution in [3.63, 3.8) is 0 Å². The highest BCUT2D eigenvalue weighted by atomic mass is 79.9. The van der Waals surface area contributed by atoms with Crippen molar-refractivity contribution in [3.05, 3.63) is 61.0 Å². The second-order valence-electron chi connectivity index (χ2n) is 6.31. The van der Waals surface area contributed by atoms with Crippen LogP contribution in [0.3, 0.4) is 0 Å². The Morgan fingerprint density at radius 3 is 2.71 bits per heavy atom. The van der Waals surface area contributed by atoms with Crippen molar-refractivity contribution in [2.24, 2.45) is 5.10 Å². The lowest BCUT2D eigenvalue weighted by Gasteiger charge is -2.14. The van der Waals surface area contributed by atoms with Crippen molar-refractivity contribution in [2.45, 2.75) is 13.8 Å². The van der Waals surface area contributed by atoms with Crippen molar-refractivity contribution < 1.29 is 19.0 Å². The molecular weight excluding hydrogens is 534 g/mol. The fraction of sp³-hybridized carbons (Fsp3) is 0.238. The average Bonchev–Trinajstić information content (AvgIpc) is 2.73. The predicted molar refractivity (Wildman–Crippen MR) is 124 cm³/mol. The topological polar surface area (TPSA) is 92.0 Å². The summed E-state index contributed by atoms with van der Waals surface area (Å²) < 4.78 is 18.4. The molecule has 0 fully saturated rings. The molecule has 1 heterocycles. The lowest BCUT2D eigenvalue weighted by atomic mass is 10.2. The molecule has 0 N–H and O–H groups in total. The summed E-state index contributed by atoms with van der Waals surface area (Å²) in [6.45, 7) is 3.69. The Morgan fingerprint density at radius 2 is 2.00 bits per heavy atom. The fourth-order valence-corrected chi connectivity index (χ4v) is 3.71. The van der Waals surface area contributed by atoms with E-state index in [1.807, 2.05) is 13.0 Å². The van der Waals surface area contributed by atoms with Gasteiger partial charge in [0.25, 0.3) is 5.56 Å². The SMILES string of the molecule is CCOc1cc(C=Nn2c(C)nc3ccc(Br)cc3c2=O)cc(Br)c1OCC(=O)OC. The van der Waals surface area contributed by atoms with Gasteiger partial charge in [0, 0.05) is 4.47 Å². The van der Waals surface area contributed by atoms with E-state index in [9.17, 15) is 9.59 Å². The van der Waals surface area contributed by atoms with Gasteiger partial charge < -0.3 is 14.2 Å². The van der Waals surface area contributed by atoms with Gasteiger partial charge in [0.05, 0.1) is 35.3 Å². The second-order valence-corrected chi connectivity index (χ2v) is 8.08. The molecule has 0 atom stereocenters. The molecule has 8 nitrogen and oxygen atoms in total. The highest BCUT2D eigenvalue weighted by molar-refractivity contribution is 9.10. The van der Waals surface area contributed by atoms with Crippen molar-refractivity contribution in [3.8, 4) is 11.5 Å². The van der Waals surface area contributed by atoms with Crippen molar-refractivity contribution in [2.75, 3.05) is 20.3 Å². The Morgan fingerprint density at radius 1 is 1.23 bits per heavy atom. The number of carbonyl (C=O) groups excluding carboxylic acids is 1. The Balaban J connectivity index is 1.99. The van der Waals surface area contributed by atoms with Crippen LogP contribution in [-0.2, 0) is 9.53 Å². The van der Waals surface area contributed by atoms with E-state index in [0.29, 0.717) is 44.9 Å². The first-order valence-corrected chi connectivity index (χ1v) is 10.8. The van der Waals surface area contributed by atoms with Gasteiger partial charge in [-0.05, 0) is 65.7 Å². The number of rotatable bonds is 7. The van der Waals surface area contributed by atoms with Crippen LogP contribution in [0.2, 0.25) is 0 Å². The van der Waals surface area contributed by atoms with Crippen LogP contribution in [0.25, 0.3) is 10.9 Å². The molecule has 0 saturated heterocycles. The highest BCUT2D eigenvalue weighted by Crippen LogP contribution is 2.36. The van der Waals surface area contributed by atoms with Crippen LogP contribution in [0.5, 0.6) is 11.5 Å². The van der Waals surface area contributed by atoms with E-state index in [-0.39, 0.29) is 12.2 Å². The van der Waals surface area contributed by atoms with Gasteiger partial charge in [-0.15, -0.1) is 0 Å². The van der Waals surface area contributed by atoms with Crippen molar-refractivity contribution >= 4 is 54.9 Å². The van der Waals surface area contributed by atoms with Gasteiger partial charge in [-0.3, -0.25) is 4.79 Å². The van der Waals surface area contributed by atoms with Crippen LogP contribution in [0, 0.1) is 6.92 Å². The maximum atomic E-state index is 12.9. The minimum atomic E-state index is -0.509. The number of hydrogen-bond donors (Lipinski definition) is 0. The molecule has 0 unspecified atom stereocenters. The van der Waals surface area contributed by atoms with E-state index in [0.717, 1.165) is 4.47 Å². The third kappa shape index (κ3) is 5.31. The summed E-state index contributed by atoms with van der Waals surface area (Å²) in [7, 11) is 1.29. The Bertz CT molecular complexity index is 1220. The molecule has 1 aromatic heterocycles. The molecule has 0 saturated carbocycles. The highest BCUT2D eigenvalue weighted by Gasteiger charge is 2.14. The van der Waals surface area contributed by atoms with Gasteiger partial charge in [-0.25, -0.2) is 9.78 Å². The largest absolute Gasteiger partial charge is 0.490 e. The number of benzene rings is 2. The van der Waals surface area contributed by atoms with E-state index in [2.05, 4.69) is 46.7 Å². The molecular formula is C21H19Br2N3O5. The number of aryl methyl sites for hydroxylation is 1. The normalized spacial score (nSPS) is 11.1. The van der Waals surface area contributed by atoms with Gasteiger partial charge in [0.1, 0.15) is 5.82 Å². The van der Waals surface area contributed by atoms with E-state index < -0.39 is 5.97 Å². The quantitative estimate of drug-likeness (QED) is 0.324. The molecule has 0 aliphatic heterocycles. The summed E-state index contributed by atoms with van der Waals surface area (Å²) >= 11 is 6.81. The van der Waals surface area contributed by atoms with E-state index in [1.54, 1.807) is 31.2 Å². The third-order valence-electron chi connectivity index (χ3n) is 4.19. The van der Waals surface area contributed by atoms with Gasteiger partial charge in [0.15, 0.2) is 18.1 Å². The van der Waals surface area contributed by atoms with E-state index >= 15 is 0 Å². The molecule has 2 aromatic carbocycles. The number of fused-ring (bicyclic) bond motifs is 1. The van der Waals surface area contributed by atoms with Gasteiger partial charge in [-0.2, -0.15) is 9.78 Å². The lowest BCUT2D eigenvalue weighted by molar-refractivity contribution is -0.142. The average molecular weight is 553 g/mol. The zero-order chi connectivity index (χ0) is 22.5. The molecule has 0 bridgehead atoms. The minimum absolute atomic E-state index is 0.254. The summed E-state index contributed by atoms with van der Waals surface area (Å²) in [5, 5.41) is 4.78. The van der Waals surface area contributed by atoms with E-state index in [1.165, 1.54) is 18.0 Å². The number of aromatic nitrogens is 2. The predicted octanol–water partition coefficient (Wildman–Crippen LogP) is 4.06. The Hall–Kier alpha value is -2.72. The maximum Gasteiger partial charge on any atom is 0.343 e. The number of hydrogen-bond acceptors (Lipinski definition) is 7. The van der Waals surface area contributed by atoms with Crippen LogP contribution in [0.4, 0.5) is 0 Å². The van der Waals surface area contributed by atoms with Crippen molar-refractivity contribution in [1.82, 2.24) is 9.66 Å². The summed E-state index contributed by atoms with van der Waals surface area (Å²) in [6, 6.07) is 8.77.